The monoisotopic (exact) mass is 290 g/mol. The Kier molecular flexibility index (Phi) is 4.90. The van der Waals surface area contributed by atoms with Crippen molar-refractivity contribution in [2.24, 2.45) is 0 Å². The van der Waals surface area contributed by atoms with Gasteiger partial charge in [-0.05, 0) is 63.1 Å². The first-order valence-corrected chi connectivity index (χ1v) is 7.57. The number of aryl methyl sites for hydroxylation is 2. The van der Waals surface area contributed by atoms with E-state index in [1.807, 2.05) is 13.0 Å². The second kappa shape index (κ2) is 6.47. The largest absolute Gasteiger partial charge is 0.318 e. The van der Waals surface area contributed by atoms with Gasteiger partial charge in [0.1, 0.15) is 0 Å². The number of hydrogen-bond donors (Lipinski definition) is 1. The van der Waals surface area contributed by atoms with Crippen molar-refractivity contribution in [3.05, 3.63) is 51.8 Å². The molecule has 2 rings (SSSR count). The summed E-state index contributed by atoms with van der Waals surface area (Å²) < 4.78 is 2.27. The number of halogens is 1. The van der Waals surface area contributed by atoms with Crippen molar-refractivity contribution in [1.82, 2.24) is 9.88 Å². The van der Waals surface area contributed by atoms with Crippen LogP contribution < -0.4 is 5.32 Å². The zero-order chi connectivity index (χ0) is 14.7. The minimum absolute atomic E-state index is 0.820. The molecule has 0 amide bonds. The molecule has 0 saturated heterocycles. The van der Waals surface area contributed by atoms with Gasteiger partial charge >= 0.3 is 0 Å². The van der Waals surface area contributed by atoms with Crippen LogP contribution in [0.2, 0.25) is 5.02 Å². The maximum atomic E-state index is 6.25. The van der Waals surface area contributed by atoms with Gasteiger partial charge in [0.2, 0.25) is 0 Å². The number of nitrogens with one attached hydrogen (secondary N) is 1. The number of aromatic nitrogens is 1. The summed E-state index contributed by atoms with van der Waals surface area (Å²) in [4.78, 5) is 0. The van der Waals surface area contributed by atoms with Crippen molar-refractivity contribution in [1.29, 1.82) is 0 Å². The molecule has 108 valence electrons. The Morgan fingerprint density at radius 3 is 2.55 bits per heavy atom. The highest BCUT2D eigenvalue weighted by Crippen LogP contribution is 2.24. The fourth-order valence-electron chi connectivity index (χ4n) is 2.53. The molecule has 0 fully saturated rings. The third-order valence-corrected chi connectivity index (χ3v) is 4.10. The normalized spacial score (nSPS) is 11.1. The predicted molar refractivity (Wildman–Crippen MR) is 87.0 cm³/mol. The van der Waals surface area contributed by atoms with E-state index in [0.717, 1.165) is 35.8 Å². The van der Waals surface area contributed by atoms with E-state index in [4.69, 9.17) is 11.6 Å². The van der Waals surface area contributed by atoms with Crippen molar-refractivity contribution in [2.45, 2.75) is 40.7 Å². The summed E-state index contributed by atoms with van der Waals surface area (Å²) >= 11 is 6.25. The summed E-state index contributed by atoms with van der Waals surface area (Å²) in [6.07, 6.45) is 1.16. The summed E-state index contributed by atoms with van der Waals surface area (Å²) in [5.41, 5.74) is 6.13. The van der Waals surface area contributed by atoms with E-state index in [1.54, 1.807) is 0 Å². The van der Waals surface area contributed by atoms with Gasteiger partial charge < -0.3 is 9.88 Å². The predicted octanol–water partition coefficient (Wildman–Crippen LogP) is 4.56. The summed E-state index contributed by atoms with van der Waals surface area (Å²) in [7, 11) is 0. The highest BCUT2D eigenvalue weighted by Gasteiger charge is 2.11. The molecular weight excluding hydrogens is 268 g/mol. The minimum Gasteiger partial charge on any atom is -0.318 e. The molecule has 0 radical (unpaired) electrons. The molecule has 3 heteroatoms. The van der Waals surface area contributed by atoms with Crippen LogP contribution >= 0.6 is 11.6 Å². The standard InChI is InChI=1S/C17H23ClN2/c1-5-8-19-11-15-9-13(3)20(14(15)4)16-7-6-12(2)17(18)10-16/h6-7,9-10,19H,5,8,11H2,1-4H3. The van der Waals surface area contributed by atoms with Crippen molar-refractivity contribution >= 4 is 11.6 Å². The van der Waals surface area contributed by atoms with Crippen LogP contribution in [0.1, 0.15) is 35.9 Å². The van der Waals surface area contributed by atoms with Gasteiger partial charge in [-0.3, -0.25) is 0 Å². The summed E-state index contributed by atoms with van der Waals surface area (Å²) in [5.74, 6) is 0. The third-order valence-electron chi connectivity index (χ3n) is 3.69. The second-order valence-corrected chi connectivity index (χ2v) is 5.75. The van der Waals surface area contributed by atoms with Crippen molar-refractivity contribution in [3.63, 3.8) is 0 Å². The molecule has 2 nitrogen and oxygen atoms in total. The first kappa shape index (κ1) is 15.1. The maximum Gasteiger partial charge on any atom is 0.0470 e. The van der Waals surface area contributed by atoms with Gasteiger partial charge in [-0.15, -0.1) is 0 Å². The molecule has 0 aliphatic rings. The average molecular weight is 291 g/mol. The highest BCUT2D eigenvalue weighted by molar-refractivity contribution is 6.31. The molecule has 0 bridgehead atoms. The van der Waals surface area contributed by atoms with Gasteiger partial charge in [-0.1, -0.05) is 24.6 Å². The molecule has 20 heavy (non-hydrogen) atoms. The van der Waals surface area contributed by atoms with Crippen LogP contribution in [0.15, 0.2) is 24.3 Å². The molecule has 0 atom stereocenters. The molecule has 2 aromatic rings. The van der Waals surface area contributed by atoms with Gasteiger partial charge in [0.05, 0.1) is 0 Å². The lowest BCUT2D eigenvalue weighted by molar-refractivity contribution is 0.672. The van der Waals surface area contributed by atoms with Crippen LogP contribution in [0.4, 0.5) is 0 Å². The van der Waals surface area contributed by atoms with Gasteiger partial charge in [0.15, 0.2) is 0 Å². The lowest BCUT2D eigenvalue weighted by Crippen LogP contribution is -2.14. The molecule has 0 spiro atoms. The highest BCUT2D eigenvalue weighted by atomic mass is 35.5. The van der Waals surface area contributed by atoms with Crippen molar-refractivity contribution < 1.29 is 0 Å². The molecule has 1 aromatic heterocycles. The van der Waals surface area contributed by atoms with E-state index >= 15 is 0 Å². The quantitative estimate of drug-likeness (QED) is 0.799. The van der Waals surface area contributed by atoms with Crippen molar-refractivity contribution in [2.75, 3.05) is 6.54 Å². The SMILES string of the molecule is CCCNCc1cc(C)n(-c2ccc(C)c(Cl)c2)c1C. The molecule has 0 aliphatic carbocycles. The first-order chi connectivity index (χ1) is 9.54. The summed E-state index contributed by atoms with van der Waals surface area (Å²) in [6.45, 7) is 10.5. The smallest absolute Gasteiger partial charge is 0.0470 e. The fourth-order valence-corrected chi connectivity index (χ4v) is 2.70. The summed E-state index contributed by atoms with van der Waals surface area (Å²) in [6, 6.07) is 8.50. The molecule has 1 aromatic carbocycles. The minimum atomic E-state index is 0.820. The van der Waals surface area contributed by atoms with E-state index in [0.29, 0.717) is 0 Å². The second-order valence-electron chi connectivity index (χ2n) is 5.34. The number of rotatable bonds is 5. The molecule has 0 saturated carbocycles. The zero-order valence-corrected chi connectivity index (χ0v) is 13.5. The van der Waals surface area contributed by atoms with Gasteiger partial charge in [0.25, 0.3) is 0 Å². The van der Waals surface area contributed by atoms with E-state index < -0.39 is 0 Å². The van der Waals surface area contributed by atoms with Gasteiger partial charge in [-0.2, -0.15) is 0 Å². The van der Waals surface area contributed by atoms with E-state index in [-0.39, 0.29) is 0 Å². The lowest BCUT2D eigenvalue weighted by atomic mass is 10.2. The van der Waals surface area contributed by atoms with Gasteiger partial charge in [0, 0.05) is 28.6 Å². The Balaban J connectivity index is 2.34. The van der Waals surface area contributed by atoms with Crippen LogP contribution in [0.3, 0.4) is 0 Å². The van der Waals surface area contributed by atoms with E-state index in [2.05, 4.69) is 48.9 Å². The lowest BCUT2D eigenvalue weighted by Gasteiger charge is -2.11. The third kappa shape index (κ3) is 3.08. The van der Waals surface area contributed by atoms with Gasteiger partial charge in [-0.25, -0.2) is 0 Å². The van der Waals surface area contributed by atoms with E-state index in [9.17, 15) is 0 Å². The number of nitrogens with zero attached hydrogens (tertiary/aromatic N) is 1. The Bertz CT molecular complexity index is 599. The van der Waals surface area contributed by atoms with Crippen LogP contribution in [0, 0.1) is 20.8 Å². The fraction of sp³-hybridized carbons (Fsp3) is 0.412. The Hall–Kier alpha value is -1.25. The summed E-state index contributed by atoms with van der Waals surface area (Å²) in [5, 5.41) is 4.29. The first-order valence-electron chi connectivity index (χ1n) is 7.19. The Morgan fingerprint density at radius 1 is 1.15 bits per heavy atom. The number of benzene rings is 1. The van der Waals surface area contributed by atoms with Crippen molar-refractivity contribution in [3.8, 4) is 5.69 Å². The topological polar surface area (TPSA) is 17.0 Å². The van der Waals surface area contributed by atoms with Crippen LogP contribution in [0.25, 0.3) is 5.69 Å². The molecule has 1 N–H and O–H groups in total. The number of hydrogen-bond acceptors (Lipinski definition) is 1. The molecular formula is C17H23ClN2. The molecule has 0 aliphatic heterocycles. The van der Waals surface area contributed by atoms with E-state index in [1.165, 1.54) is 17.0 Å². The Morgan fingerprint density at radius 2 is 1.90 bits per heavy atom. The Labute approximate surface area is 126 Å². The van der Waals surface area contributed by atoms with Crippen LogP contribution in [-0.2, 0) is 6.54 Å². The maximum absolute atomic E-state index is 6.25. The zero-order valence-electron chi connectivity index (χ0n) is 12.8. The van der Waals surface area contributed by atoms with Crippen LogP contribution in [-0.4, -0.2) is 11.1 Å². The molecule has 0 unspecified atom stereocenters. The molecule has 1 heterocycles. The van der Waals surface area contributed by atoms with Crippen LogP contribution in [0.5, 0.6) is 0 Å². The average Bonchev–Trinajstić information content (AvgIpc) is 2.69.